The fraction of sp³-hybridized carbons (Fsp3) is 0.211. The summed E-state index contributed by atoms with van der Waals surface area (Å²) in [5.74, 6) is 1.38. The molecule has 152 valence electrons. The van der Waals surface area contributed by atoms with Gasteiger partial charge in [-0.25, -0.2) is 0 Å². The first-order chi connectivity index (χ1) is 14.0. The molecule has 29 heavy (non-hydrogen) atoms. The molecule has 0 saturated heterocycles. The van der Waals surface area contributed by atoms with Crippen LogP contribution in [0.4, 0.5) is 5.69 Å². The van der Waals surface area contributed by atoms with Crippen LogP contribution in [0.3, 0.4) is 0 Å². The number of aromatic nitrogens is 3. The van der Waals surface area contributed by atoms with E-state index >= 15 is 0 Å². The summed E-state index contributed by atoms with van der Waals surface area (Å²) in [7, 11) is 0. The molecule has 0 aliphatic heterocycles. The molecular weight excluding hydrogens is 499 g/mol. The van der Waals surface area contributed by atoms with E-state index in [2.05, 4.69) is 31.4 Å². The van der Waals surface area contributed by atoms with E-state index in [0.29, 0.717) is 33.3 Å². The molecule has 2 aromatic carbocycles. The van der Waals surface area contributed by atoms with Crippen LogP contribution in [-0.2, 0) is 17.9 Å². The number of carbonyl (C=O) groups is 1. The van der Waals surface area contributed by atoms with Crippen LogP contribution >= 0.6 is 50.9 Å². The standard InChI is InChI=1S/C19H17BrCl2N4O2S/c1-2-26-17(10-28-14-6-3-12(20)4-7-14)24-25-19(26)29-11-18(27)23-16-9-13(21)5-8-15(16)22/h3-9H,2,10-11H2,1H3,(H,23,27). The fourth-order valence-electron chi connectivity index (χ4n) is 2.44. The number of ether oxygens (including phenoxy) is 1. The molecule has 3 aromatic rings. The van der Waals surface area contributed by atoms with E-state index in [4.69, 9.17) is 27.9 Å². The van der Waals surface area contributed by atoms with Crippen LogP contribution in [-0.4, -0.2) is 26.4 Å². The van der Waals surface area contributed by atoms with E-state index in [0.717, 1.165) is 10.2 Å². The number of benzene rings is 2. The van der Waals surface area contributed by atoms with Gasteiger partial charge in [-0.2, -0.15) is 0 Å². The van der Waals surface area contributed by atoms with Gasteiger partial charge in [0.15, 0.2) is 11.0 Å². The van der Waals surface area contributed by atoms with Gasteiger partial charge in [-0.15, -0.1) is 10.2 Å². The first-order valence-electron chi connectivity index (χ1n) is 8.64. The van der Waals surface area contributed by atoms with Crippen molar-refractivity contribution < 1.29 is 9.53 Å². The van der Waals surface area contributed by atoms with Gasteiger partial charge in [-0.1, -0.05) is 50.9 Å². The average Bonchev–Trinajstić information content (AvgIpc) is 3.10. The summed E-state index contributed by atoms with van der Waals surface area (Å²) in [6.07, 6.45) is 0. The minimum Gasteiger partial charge on any atom is -0.486 e. The molecule has 0 fully saturated rings. The van der Waals surface area contributed by atoms with Crippen molar-refractivity contribution >= 4 is 62.5 Å². The lowest BCUT2D eigenvalue weighted by atomic mass is 10.3. The second kappa shape index (κ2) is 10.3. The van der Waals surface area contributed by atoms with E-state index in [1.54, 1.807) is 18.2 Å². The Morgan fingerprint density at radius 2 is 1.97 bits per heavy atom. The van der Waals surface area contributed by atoms with Gasteiger partial charge in [0, 0.05) is 16.0 Å². The van der Waals surface area contributed by atoms with E-state index < -0.39 is 0 Å². The molecule has 0 aliphatic rings. The van der Waals surface area contributed by atoms with E-state index in [9.17, 15) is 4.79 Å². The molecule has 6 nitrogen and oxygen atoms in total. The van der Waals surface area contributed by atoms with Gasteiger partial charge < -0.3 is 14.6 Å². The van der Waals surface area contributed by atoms with Crippen LogP contribution in [0.2, 0.25) is 10.0 Å². The molecule has 3 rings (SSSR count). The Kier molecular flexibility index (Phi) is 7.83. The number of thioether (sulfide) groups is 1. The molecule has 0 spiro atoms. The number of halogens is 3. The molecule has 10 heteroatoms. The molecule has 1 heterocycles. The molecule has 1 amide bonds. The largest absolute Gasteiger partial charge is 0.486 e. The minimum atomic E-state index is -0.211. The Labute approximate surface area is 191 Å². The second-order valence-electron chi connectivity index (χ2n) is 5.85. The van der Waals surface area contributed by atoms with E-state index in [1.165, 1.54) is 11.8 Å². The lowest BCUT2D eigenvalue weighted by Crippen LogP contribution is -2.15. The summed E-state index contributed by atoms with van der Waals surface area (Å²) in [4.78, 5) is 12.3. The van der Waals surface area contributed by atoms with Crippen LogP contribution in [0.1, 0.15) is 12.7 Å². The highest BCUT2D eigenvalue weighted by molar-refractivity contribution is 9.10. The Hall–Kier alpha value is -1.74. The molecule has 0 bridgehead atoms. The smallest absolute Gasteiger partial charge is 0.234 e. The second-order valence-corrected chi connectivity index (χ2v) is 8.55. The zero-order chi connectivity index (χ0) is 20.8. The van der Waals surface area contributed by atoms with Crippen molar-refractivity contribution in [2.75, 3.05) is 11.1 Å². The first kappa shape index (κ1) is 22.0. The quantitative estimate of drug-likeness (QED) is 0.391. The van der Waals surface area contributed by atoms with Crippen molar-refractivity contribution in [2.24, 2.45) is 0 Å². The van der Waals surface area contributed by atoms with Crippen molar-refractivity contribution in [1.29, 1.82) is 0 Å². The lowest BCUT2D eigenvalue weighted by Gasteiger charge is -2.10. The molecule has 0 saturated carbocycles. The zero-order valence-corrected chi connectivity index (χ0v) is 19.3. The fourth-order valence-corrected chi connectivity index (χ4v) is 3.86. The summed E-state index contributed by atoms with van der Waals surface area (Å²) >= 11 is 16.7. The maximum Gasteiger partial charge on any atom is 0.234 e. The van der Waals surface area contributed by atoms with Crippen molar-refractivity contribution in [2.45, 2.75) is 25.2 Å². The normalized spacial score (nSPS) is 10.8. The van der Waals surface area contributed by atoms with Gasteiger partial charge in [0.2, 0.25) is 5.91 Å². The summed E-state index contributed by atoms with van der Waals surface area (Å²) in [5.41, 5.74) is 0.477. The maximum absolute atomic E-state index is 12.3. The number of anilines is 1. The predicted molar refractivity (Wildman–Crippen MR) is 120 cm³/mol. The Morgan fingerprint density at radius 1 is 1.21 bits per heavy atom. The molecule has 1 N–H and O–H groups in total. The van der Waals surface area contributed by atoms with Gasteiger partial charge in [0.05, 0.1) is 16.5 Å². The van der Waals surface area contributed by atoms with Gasteiger partial charge in [0.1, 0.15) is 12.4 Å². The van der Waals surface area contributed by atoms with Gasteiger partial charge >= 0.3 is 0 Å². The molecule has 0 aliphatic carbocycles. The van der Waals surface area contributed by atoms with Crippen LogP contribution in [0, 0.1) is 0 Å². The van der Waals surface area contributed by atoms with Crippen LogP contribution in [0.25, 0.3) is 0 Å². The van der Waals surface area contributed by atoms with Gasteiger partial charge in [-0.3, -0.25) is 4.79 Å². The van der Waals surface area contributed by atoms with Gasteiger partial charge in [-0.05, 0) is 49.4 Å². The minimum absolute atomic E-state index is 0.161. The molecule has 1 aromatic heterocycles. The monoisotopic (exact) mass is 514 g/mol. The lowest BCUT2D eigenvalue weighted by molar-refractivity contribution is -0.113. The number of nitrogens with zero attached hydrogens (tertiary/aromatic N) is 3. The molecule has 0 radical (unpaired) electrons. The van der Waals surface area contributed by atoms with Crippen molar-refractivity contribution in [1.82, 2.24) is 14.8 Å². The molecule has 0 unspecified atom stereocenters. The summed E-state index contributed by atoms with van der Waals surface area (Å²) in [6, 6.07) is 12.5. The average molecular weight is 516 g/mol. The Balaban J connectivity index is 1.58. The highest BCUT2D eigenvalue weighted by atomic mass is 79.9. The van der Waals surface area contributed by atoms with Crippen LogP contribution in [0.15, 0.2) is 52.1 Å². The van der Waals surface area contributed by atoms with Crippen molar-refractivity contribution in [3.63, 3.8) is 0 Å². The highest BCUT2D eigenvalue weighted by Crippen LogP contribution is 2.26. The Morgan fingerprint density at radius 3 is 2.69 bits per heavy atom. The predicted octanol–water partition coefficient (Wildman–Crippen LogP) is 5.68. The Bertz CT molecular complexity index is 998. The van der Waals surface area contributed by atoms with Crippen molar-refractivity contribution in [3.05, 3.63) is 62.8 Å². The number of rotatable bonds is 8. The number of carbonyl (C=O) groups excluding carboxylic acids is 1. The third-order valence-corrected chi connectivity index (χ3v) is 5.89. The number of hydrogen-bond donors (Lipinski definition) is 1. The maximum atomic E-state index is 12.3. The first-order valence-corrected chi connectivity index (χ1v) is 11.2. The third kappa shape index (κ3) is 6.12. The molecule has 0 atom stereocenters. The van der Waals surface area contributed by atoms with E-state index in [1.807, 2.05) is 35.8 Å². The third-order valence-electron chi connectivity index (χ3n) is 3.83. The van der Waals surface area contributed by atoms with Gasteiger partial charge in [0.25, 0.3) is 0 Å². The summed E-state index contributed by atoms with van der Waals surface area (Å²) < 4.78 is 8.68. The highest BCUT2D eigenvalue weighted by Gasteiger charge is 2.14. The SMILES string of the molecule is CCn1c(COc2ccc(Br)cc2)nnc1SCC(=O)Nc1cc(Cl)ccc1Cl. The van der Waals surface area contributed by atoms with Crippen LogP contribution in [0.5, 0.6) is 5.75 Å². The summed E-state index contributed by atoms with van der Waals surface area (Å²) in [6.45, 7) is 2.94. The number of amides is 1. The van der Waals surface area contributed by atoms with Crippen molar-refractivity contribution in [3.8, 4) is 5.75 Å². The zero-order valence-electron chi connectivity index (χ0n) is 15.4. The topological polar surface area (TPSA) is 69.0 Å². The number of hydrogen-bond acceptors (Lipinski definition) is 5. The van der Waals surface area contributed by atoms with E-state index in [-0.39, 0.29) is 18.3 Å². The van der Waals surface area contributed by atoms with Crippen LogP contribution < -0.4 is 10.1 Å². The number of nitrogens with one attached hydrogen (secondary N) is 1. The molecular formula is C19H17BrCl2N4O2S. The summed E-state index contributed by atoms with van der Waals surface area (Å²) in [5, 5.41) is 12.7.